The highest BCUT2D eigenvalue weighted by molar-refractivity contribution is 8.00. The lowest BCUT2D eigenvalue weighted by atomic mass is 10.2. The molecule has 118 valence electrons. The molecule has 0 radical (unpaired) electrons. The number of aromatic nitrogens is 2. The zero-order chi connectivity index (χ0) is 15.9. The Hall–Kier alpha value is -2.02. The Kier molecular flexibility index (Phi) is 5.83. The highest BCUT2D eigenvalue weighted by atomic mass is 32.2. The Morgan fingerprint density at radius 2 is 2.36 bits per heavy atom. The number of thioether (sulfide) groups is 1. The molecule has 0 aromatic carbocycles. The summed E-state index contributed by atoms with van der Waals surface area (Å²) in [6, 6.07) is 5.06. The first-order chi connectivity index (χ1) is 10.6. The van der Waals surface area contributed by atoms with Crippen molar-refractivity contribution in [1.29, 1.82) is 0 Å². The van der Waals surface area contributed by atoms with Crippen molar-refractivity contribution in [1.82, 2.24) is 15.3 Å². The molecule has 6 nitrogen and oxygen atoms in total. The predicted octanol–water partition coefficient (Wildman–Crippen LogP) is 2.11. The minimum absolute atomic E-state index is 0.134. The van der Waals surface area contributed by atoms with Crippen molar-refractivity contribution in [2.75, 3.05) is 0 Å². The van der Waals surface area contributed by atoms with Gasteiger partial charge in [-0.15, -0.1) is 0 Å². The average molecular weight is 321 g/mol. The molecule has 7 heteroatoms. The van der Waals surface area contributed by atoms with Crippen LogP contribution in [-0.4, -0.2) is 21.1 Å². The van der Waals surface area contributed by atoms with Gasteiger partial charge in [0.2, 0.25) is 5.91 Å². The van der Waals surface area contributed by atoms with Crippen LogP contribution >= 0.6 is 11.8 Å². The number of aromatic amines is 1. The van der Waals surface area contributed by atoms with Crippen molar-refractivity contribution in [2.24, 2.45) is 0 Å². The molecular weight excluding hydrogens is 302 g/mol. The summed E-state index contributed by atoms with van der Waals surface area (Å²) in [5.74, 6) is 0.562. The third kappa shape index (κ3) is 4.77. The lowest BCUT2D eigenvalue weighted by Crippen LogP contribution is -2.30. The van der Waals surface area contributed by atoms with Gasteiger partial charge < -0.3 is 14.7 Å². The fraction of sp³-hybridized carbons (Fsp3) is 0.400. The molecule has 0 saturated heterocycles. The first kappa shape index (κ1) is 16.4. The first-order valence-corrected chi connectivity index (χ1v) is 8.03. The molecule has 2 aromatic heterocycles. The number of nitrogens with zero attached hydrogens (tertiary/aromatic N) is 1. The van der Waals surface area contributed by atoms with E-state index in [-0.39, 0.29) is 16.7 Å². The van der Waals surface area contributed by atoms with E-state index < -0.39 is 0 Å². The number of furan rings is 1. The summed E-state index contributed by atoms with van der Waals surface area (Å²) in [5.41, 5.74) is 0.557. The third-order valence-corrected chi connectivity index (χ3v) is 3.94. The van der Waals surface area contributed by atoms with Gasteiger partial charge in [-0.1, -0.05) is 25.1 Å². The van der Waals surface area contributed by atoms with Gasteiger partial charge in [-0.2, -0.15) is 0 Å². The van der Waals surface area contributed by atoms with E-state index in [9.17, 15) is 9.59 Å². The van der Waals surface area contributed by atoms with Crippen LogP contribution in [0, 0.1) is 0 Å². The summed E-state index contributed by atoms with van der Waals surface area (Å²) < 4.78 is 5.16. The average Bonchev–Trinajstić information content (AvgIpc) is 2.97. The van der Waals surface area contributed by atoms with E-state index in [4.69, 9.17) is 4.42 Å². The van der Waals surface area contributed by atoms with Gasteiger partial charge in [0.1, 0.15) is 5.76 Å². The molecule has 1 amide bonds. The summed E-state index contributed by atoms with van der Waals surface area (Å²) in [6.07, 6.45) is 3.23. The molecular formula is C15H19N3O3S. The maximum Gasteiger partial charge on any atom is 0.251 e. The number of hydrogen-bond donors (Lipinski definition) is 2. The van der Waals surface area contributed by atoms with Crippen molar-refractivity contribution < 1.29 is 9.21 Å². The van der Waals surface area contributed by atoms with E-state index in [0.717, 1.165) is 18.5 Å². The van der Waals surface area contributed by atoms with Crippen LogP contribution in [0.3, 0.4) is 0 Å². The second-order valence-electron chi connectivity index (χ2n) is 4.85. The molecule has 0 aliphatic carbocycles. The SMILES string of the molecule is CCCc1cc(=O)[nH]c(S[C@H](C)C(=O)NCc2ccco2)n1. The van der Waals surface area contributed by atoms with E-state index in [1.54, 1.807) is 25.3 Å². The molecule has 0 spiro atoms. The monoisotopic (exact) mass is 321 g/mol. The fourth-order valence-electron chi connectivity index (χ4n) is 1.88. The zero-order valence-electron chi connectivity index (χ0n) is 12.6. The standard InChI is InChI=1S/C15H19N3O3S/c1-3-5-11-8-13(19)18-15(17-11)22-10(2)14(20)16-9-12-6-4-7-21-12/h4,6-8,10H,3,5,9H2,1-2H3,(H,16,20)(H,17,18,19)/t10-/m1/s1. The normalized spacial score (nSPS) is 12.1. The molecule has 0 bridgehead atoms. The summed E-state index contributed by atoms with van der Waals surface area (Å²) in [4.78, 5) is 30.7. The maximum atomic E-state index is 12.0. The minimum Gasteiger partial charge on any atom is -0.467 e. The quantitative estimate of drug-likeness (QED) is 0.602. The second-order valence-corrected chi connectivity index (χ2v) is 6.18. The summed E-state index contributed by atoms with van der Waals surface area (Å²) >= 11 is 1.23. The Morgan fingerprint density at radius 3 is 3.05 bits per heavy atom. The van der Waals surface area contributed by atoms with Crippen LogP contribution in [0.5, 0.6) is 0 Å². The summed E-state index contributed by atoms with van der Waals surface area (Å²) in [7, 11) is 0. The molecule has 2 aromatic rings. The number of carbonyl (C=O) groups is 1. The van der Waals surface area contributed by atoms with Gasteiger partial charge in [-0.3, -0.25) is 9.59 Å². The maximum absolute atomic E-state index is 12.0. The van der Waals surface area contributed by atoms with E-state index in [1.807, 2.05) is 6.92 Å². The fourth-order valence-corrected chi connectivity index (χ4v) is 2.73. The van der Waals surface area contributed by atoms with Gasteiger partial charge in [0.05, 0.1) is 18.1 Å². The summed E-state index contributed by atoms with van der Waals surface area (Å²) in [6.45, 7) is 4.14. The molecule has 22 heavy (non-hydrogen) atoms. The molecule has 0 aliphatic rings. The van der Waals surface area contributed by atoms with Crippen LogP contribution in [0.15, 0.2) is 38.8 Å². The number of nitrogens with one attached hydrogen (secondary N) is 2. The molecule has 0 saturated carbocycles. The Morgan fingerprint density at radius 1 is 1.55 bits per heavy atom. The number of amides is 1. The number of H-pyrrole nitrogens is 1. The first-order valence-electron chi connectivity index (χ1n) is 7.15. The highest BCUT2D eigenvalue weighted by Gasteiger charge is 2.16. The lowest BCUT2D eigenvalue weighted by molar-refractivity contribution is -0.120. The van der Waals surface area contributed by atoms with Gasteiger partial charge >= 0.3 is 0 Å². The van der Waals surface area contributed by atoms with Crippen molar-refractivity contribution in [3.05, 3.63) is 46.3 Å². The predicted molar refractivity (Wildman–Crippen MR) is 84.7 cm³/mol. The molecule has 0 unspecified atom stereocenters. The van der Waals surface area contributed by atoms with Crippen molar-refractivity contribution in [3.63, 3.8) is 0 Å². The number of rotatable bonds is 7. The molecule has 0 fully saturated rings. The van der Waals surface area contributed by atoms with Crippen molar-refractivity contribution in [3.8, 4) is 0 Å². The third-order valence-electron chi connectivity index (χ3n) is 2.95. The second kappa shape index (κ2) is 7.84. The van der Waals surface area contributed by atoms with Crippen molar-refractivity contribution in [2.45, 2.75) is 43.6 Å². The van der Waals surface area contributed by atoms with Crippen molar-refractivity contribution >= 4 is 17.7 Å². The molecule has 2 N–H and O–H groups in total. The number of carbonyl (C=O) groups excluding carboxylic acids is 1. The molecule has 0 aliphatic heterocycles. The van der Waals surface area contributed by atoms with Gasteiger partial charge in [-0.05, 0) is 25.5 Å². The number of hydrogen-bond acceptors (Lipinski definition) is 5. The van der Waals surface area contributed by atoms with Gasteiger partial charge in [-0.25, -0.2) is 4.98 Å². The molecule has 2 rings (SSSR count). The molecule has 2 heterocycles. The highest BCUT2D eigenvalue weighted by Crippen LogP contribution is 2.18. The Bertz CT molecular complexity index is 667. The Balaban J connectivity index is 1.94. The minimum atomic E-state index is -0.366. The van der Waals surface area contributed by atoms with Crippen LogP contribution in [-0.2, 0) is 17.8 Å². The van der Waals surface area contributed by atoms with E-state index in [2.05, 4.69) is 15.3 Å². The van der Waals surface area contributed by atoms with Crippen LogP contribution < -0.4 is 10.9 Å². The van der Waals surface area contributed by atoms with Crippen LogP contribution in [0.2, 0.25) is 0 Å². The van der Waals surface area contributed by atoms with Gasteiger partial charge in [0.25, 0.3) is 5.56 Å². The largest absolute Gasteiger partial charge is 0.467 e. The topological polar surface area (TPSA) is 88.0 Å². The molecule has 1 atom stereocenters. The van der Waals surface area contributed by atoms with E-state index in [1.165, 1.54) is 17.8 Å². The van der Waals surface area contributed by atoms with E-state index in [0.29, 0.717) is 17.5 Å². The number of aryl methyl sites for hydroxylation is 1. The van der Waals surface area contributed by atoms with Crippen LogP contribution in [0.25, 0.3) is 0 Å². The van der Waals surface area contributed by atoms with Crippen LogP contribution in [0.4, 0.5) is 0 Å². The van der Waals surface area contributed by atoms with Gasteiger partial charge in [0, 0.05) is 11.8 Å². The van der Waals surface area contributed by atoms with Gasteiger partial charge in [0.15, 0.2) is 5.16 Å². The smallest absolute Gasteiger partial charge is 0.251 e. The van der Waals surface area contributed by atoms with Crippen LogP contribution in [0.1, 0.15) is 31.7 Å². The zero-order valence-corrected chi connectivity index (χ0v) is 13.4. The van der Waals surface area contributed by atoms with E-state index >= 15 is 0 Å². The lowest BCUT2D eigenvalue weighted by Gasteiger charge is -2.11. The summed E-state index contributed by atoms with van der Waals surface area (Å²) in [5, 5.41) is 2.89. The Labute approximate surface area is 132 Å².